The first-order valence-electron chi connectivity index (χ1n) is 6.02. The third-order valence-corrected chi connectivity index (χ3v) is 3.36. The van der Waals surface area contributed by atoms with Crippen LogP contribution < -0.4 is 16.0 Å². The minimum absolute atomic E-state index is 0.0318. The van der Waals surface area contributed by atoms with Gasteiger partial charge in [0.15, 0.2) is 0 Å². The maximum absolute atomic E-state index is 11.2. The lowest BCUT2D eigenvalue weighted by molar-refractivity contribution is -0.384. The van der Waals surface area contributed by atoms with Crippen LogP contribution in [0.4, 0.5) is 17.1 Å². The van der Waals surface area contributed by atoms with Crippen LogP contribution in [0.1, 0.15) is 6.42 Å². The van der Waals surface area contributed by atoms with Crippen molar-refractivity contribution < 1.29 is 9.72 Å². The zero-order valence-electron chi connectivity index (χ0n) is 10.6. The molecule has 102 valence electrons. The third kappa shape index (κ3) is 2.75. The van der Waals surface area contributed by atoms with E-state index in [0.29, 0.717) is 25.2 Å². The van der Waals surface area contributed by atoms with Gasteiger partial charge < -0.3 is 16.0 Å². The number of anilines is 2. The van der Waals surface area contributed by atoms with Crippen molar-refractivity contribution in [3.05, 3.63) is 28.3 Å². The van der Waals surface area contributed by atoms with E-state index < -0.39 is 4.92 Å². The summed E-state index contributed by atoms with van der Waals surface area (Å²) in [5.74, 6) is -0.501. The highest BCUT2D eigenvalue weighted by Gasteiger charge is 2.27. The van der Waals surface area contributed by atoms with Crippen molar-refractivity contribution in [1.29, 1.82) is 0 Å². The molecule has 1 aromatic rings. The van der Waals surface area contributed by atoms with Crippen LogP contribution in [0.3, 0.4) is 0 Å². The summed E-state index contributed by atoms with van der Waals surface area (Å²) in [4.78, 5) is 23.6. The van der Waals surface area contributed by atoms with Crippen LogP contribution in [0.15, 0.2) is 18.2 Å². The van der Waals surface area contributed by atoms with Gasteiger partial charge in [-0.15, -0.1) is 0 Å². The van der Waals surface area contributed by atoms with Crippen LogP contribution in [0.5, 0.6) is 0 Å². The van der Waals surface area contributed by atoms with E-state index in [4.69, 9.17) is 5.73 Å². The molecule has 0 spiro atoms. The zero-order chi connectivity index (χ0) is 14.0. The first-order valence-corrected chi connectivity index (χ1v) is 6.02. The lowest BCUT2D eigenvalue weighted by atomic mass is 10.1. The smallest absolute Gasteiger partial charge is 0.273 e. The average Bonchev–Trinajstić information content (AvgIpc) is 2.87. The first-order chi connectivity index (χ1) is 9.01. The molecule has 1 fully saturated rings. The molecule has 1 unspecified atom stereocenters. The molecule has 1 amide bonds. The summed E-state index contributed by atoms with van der Waals surface area (Å²) in [5.41, 5.74) is 6.73. The van der Waals surface area contributed by atoms with E-state index in [1.165, 1.54) is 12.1 Å². The summed E-state index contributed by atoms with van der Waals surface area (Å²) >= 11 is 0. The second-order valence-electron chi connectivity index (χ2n) is 4.58. The minimum Gasteiger partial charge on any atom is -0.388 e. The van der Waals surface area contributed by atoms with Gasteiger partial charge in [0.1, 0.15) is 0 Å². The fourth-order valence-corrected chi connectivity index (χ4v) is 2.25. The molecule has 1 saturated heterocycles. The number of amides is 1. The second kappa shape index (κ2) is 5.13. The Balaban J connectivity index is 2.27. The molecule has 1 aliphatic heterocycles. The number of nitro groups is 1. The quantitative estimate of drug-likeness (QED) is 0.622. The number of benzene rings is 1. The maximum atomic E-state index is 11.2. The number of carbonyl (C=O) groups excluding carboxylic acids is 1. The van der Waals surface area contributed by atoms with Crippen LogP contribution in [0.2, 0.25) is 0 Å². The Morgan fingerprint density at radius 3 is 2.79 bits per heavy atom. The van der Waals surface area contributed by atoms with Crippen molar-refractivity contribution in [2.45, 2.75) is 6.42 Å². The molecule has 19 heavy (non-hydrogen) atoms. The third-order valence-electron chi connectivity index (χ3n) is 3.36. The van der Waals surface area contributed by atoms with Gasteiger partial charge >= 0.3 is 0 Å². The van der Waals surface area contributed by atoms with E-state index in [9.17, 15) is 14.9 Å². The summed E-state index contributed by atoms with van der Waals surface area (Å²) in [6.07, 6.45) is 0.687. The standard InChI is InChI=1S/C12H16N4O3/c1-14-9-4-10(6-11(5-9)16(18)19)15-3-2-8(7-15)12(13)17/h4-6,8,14H,2-3,7H2,1H3,(H2,13,17). The van der Waals surface area contributed by atoms with Crippen molar-refractivity contribution in [3.8, 4) is 0 Å². The average molecular weight is 264 g/mol. The van der Waals surface area contributed by atoms with Crippen LogP contribution in [-0.4, -0.2) is 31.0 Å². The van der Waals surface area contributed by atoms with E-state index in [1.807, 2.05) is 11.0 Å². The van der Waals surface area contributed by atoms with Gasteiger partial charge in [0.05, 0.1) is 10.8 Å². The Bertz CT molecular complexity index is 518. The zero-order valence-corrected chi connectivity index (χ0v) is 10.6. The van der Waals surface area contributed by atoms with E-state index >= 15 is 0 Å². The topological polar surface area (TPSA) is 102 Å². The molecule has 3 N–H and O–H groups in total. The Hall–Kier alpha value is -2.31. The predicted octanol–water partition coefficient (Wildman–Crippen LogP) is 0.948. The molecule has 0 radical (unpaired) electrons. The molecule has 1 atom stereocenters. The number of carbonyl (C=O) groups is 1. The molecule has 7 nitrogen and oxygen atoms in total. The van der Waals surface area contributed by atoms with Crippen molar-refractivity contribution in [1.82, 2.24) is 0 Å². The van der Waals surface area contributed by atoms with Gasteiger partial charge in [0.2, 0.25) is 5.91 Å². The number of primary amides is 1. The Morgan fingerprint density at radius 1 is 1.53 bits per heavy atom. The highest BCUT2D eigenvalue weighted by Crippen LogP contribution is 2.30. The lowest BCUT2D eigenvalue weighted by Gasteiger charge is -2.19. The maximum Gasteiger partial charge on any atom is 0.273 e. The molecule has 0 aliphatic carbocycles. The number of nitro benzene ring substituents is 1. The fraction of sp³-hybridized carbons (Fsp3) is 0.417. The fourth-order valence-electron chi connectivity index (χ4n) is 2.25. The van der Waals surface area contributed by atoms with E-state index in [2.05, 4.69) is 5.32 Å². The largest absolute Gasteiger partial charge is 0.388 e. The SMILES string of the molecule is CNc1cc(N2CCC(C(N)=O)C2)cc([N+](=O)[O-])c1. The molecule has 0 bridgehead atoms. The number of non-ortho nitro benzene ring substituents is 1. The molecular formula is C12H16N4O3. The summed E-state index contributed by atoms with van der Waals surface area (Å²) in [6, 6.07) is 4.83. The summed E-state index contributed by atoms with van der Waals surface area (Å²) in [7, 11) is 1.71. The van der Waals surface area contributed by atoms with E-state index in [1.54, 1.807) is 7.05 Å². The summed E-state index contributed by atoms with van der Waals surface area (Å²) < 4.78 is 0. The number of nitrogens with one attached hydrogen (secondary N) is 1. The minimum atomic E-state index is -0.425. The molecule has 0 aromatic heterocycles. The molecule has 1 aliphatic rings. The van der Waals surface area contributed by atoms with Crippen molar-refractivity contribution >= 4 is 23.0 Å². The molecule has 1 aromatic carbocycles. The predicted molar refractivity (Wildman–Crippen MR) is 72.2 cm³/mol. The van der Waals surface area contributed by atoms with Crippen LogP contribution >= 0.6 is 0 Å². The molecule has 7 heteroatoms. The molecule has 0 saturated carbocycles. The summed E-state index contributed by atoms with van der Waals surface area (Å²) in [6.45, 7) is 1.19. The Morgan fingerprint density at radius 2 is 2.26 bits per heavy atom. The Labute approximate surface area is 110 Å². The summed E-state index contributed by atoms with van der Waals surface area (Å²) in [5, 5.41) is 13.8. The number of nitrogens with zero attached hydrogens (tertiary/aromatic N) is 2. The van der Waals surface area contributed by atoms with E-state index in [-0.39, 0.29) is 17.5 Å². The van der Waals surface area contributed by atoms with Gasteiger partial charge in [-0.3, -0.25) is 14.9 Å². The monoisotopic (exact) mass is 264 g/mol. The Kier molecular flexibility index (Phi) is 3.55. The number of rotatable bonds is 4. The number of hydrogen-bond donors (Lipinski definition) is 2. The van der Waals surface area contributed by atoms with Gasteiger partial charge in [-0.05, 0) is 12.5 Å². The van der Waals surface area contributed by atoms with Crippen LogP contribution in [0.25, 0.3) is 0 Å². The van der Waals surface area contributed by atoms with Crippen molar-refractivity contribution in [2.75, 3.05) is 30.4 Å². The van der Waals surface area contributed by atoms with Gasteiger partial charge in [-0.25, -0.2) is 0 Å². The highest BCUT2D eigenvalue weighted by atomic mass is 16.6. The van der Waals surface area contributed by atoms with Gasteiger partial charge in [0.25, 0.3) is 5.69 Å². The second-order valence-corrected chi connectivity index (χ2v) is 4.58. The highest BCUT2D eigenvalue weighted by molar-refractivity contribution is 5.78. The van der Waals surface area contributed by atoms with Crippen LogP contribution in [-0.2, 0) is 4.79 Å². The van der Waals surface area contributed by atoms with Crippen molar-refractivity contribution in [3.63, 3.8) is 0 Å². The molecular weight excluding hydrogens is 248 g/mol. The number of hydrogen-bond acceptors (Lipinski definition) is 5. The van der Waals surface area contributed by atoms with Gasteiger partial charge in [0, 0.05) is 43.6 Å². The van der Waals surface area contributed by atoms with Crippen molar-refractivity contribution in [2.24, 2.45) is 11.7 Å². The molecule has 1 heterocycles. The van der Waals surface area contributed by atoms with Gasteiger partial charge in [-0.1, -0.05) is 0 Å². The first kappa shape index (κ1) is 13.1. The van der Waals surface area contributed by atoms with Crippen LogP contribution in [0, 0.1) is 16.0 Å². The lowest BCUT2D eigenvalue weighted by Crippen LogP contribution is -2.27. The molecule has 2 rings (SSSR count). The van der Waals surface area contributed by atoms with Gasteiger partial charge in [-0.2, -0.15) is 0 Å². The normalized spacial score (nSPS) is 18.4. The number of nitrogens with two attached hydrogens (primary N) is 1. The van der Waals surface area contributed by atoms with E-state index in [0.717, 1.165) is 5.69 Å².